The van der Waals surface area contributed by atoms with Gasteiger partial charge >= 0.3 is 0 Å². The smallest absolute Gasteiger partial charge is 0.237 e. The van der Waals surface area contributed by atoms with Crippen LogP contribution in [0.4, 0.5) is 0 Å². The Morgan fingerprint density at radius 1 is 0.962 bits per heavy atom. The van der Waals surface area contributed by atoms with E-state index < -0.39 is 6.04 Å². The zero-order valence-electron chi connectivity index (χ0n) is 15.5. The molecule has 0 heterocycles. The van der Waals surface area contributed by atoms with Crippen molar-refractivity contribution in [2.24, 2.45) is 5.92 Å². The molecule has 0 aliphatic rings. The Morgan fingerprint density at radius 3 is 2.08 bits per heavy atom. The highest BCUT2D eigenvalue weighted by atomic mass is 16.2. The minimum absolute atomic E-state index is 0.123. The lowest BCUT2D eigenvalue weighted by molar-refractivity contribution is -0.126. The van der Waals surface area contributed by atoms with Crippen LogP contribution in [0, 0.1) is 5.92 Å². The average Bonchev–Trinajstić information content (AvgIpc) is 2.65. The molecule has 0 unspecified atom stereocenters. The van der Waals surface area contributed by atoms with Crippen LogP contribution in [0.2, 0.25) is 0 Å². The Labute approximate surface area is 156 Å². The molecule has 2 aromatic rings. The number of aldehydes is 1. The van der Waals surface area contributed by atoms with Gasteiger partial charge in [-0.2, -0.15) is 0 Å². The van der Waals surface area contributed by atoms with Gasteiger partial charge in [0.1, 0.15) is 6.29 Å². The van der Waals surface area contributed by atoms with Crippen molar-refractivity contribution in [3.05, 3.63) is 71.8 Å². The number of benzene rings is 2. The molecule has 0 saturated carbocycles. The molecule has 26 heavy (non-hydrogen) atoms. The Bertz CT molecular complexity index is 671. The summed E-state index contributed by atoms with van der Waals surface area (Å²) in [6, 6.07) is 18.9. The standard InChI is InChI=1S/C22H28N2O2/c1-17(2)13-21(23-15-19-11-7-4-8-12-19)22(26)24-20(16-25)14-18-9-5-3-6-10-18/h3-12,16-17,20-21,23H,13-15H2,1-2H3,(H,24,26)/t20-,21+/m1/s1. The van der Waals surface area contributed by atoms with E-state index in [0.29, 0.717) is 18.9 Å². The van der Waals surface area contributed by atoms with Crippen LogP contribution in [0.15, 0.2) is 60.7 Å². The molecule has 0 saturated heterocycles. The second-order valence-corrected chi connectivity index (χ2v) is 6.99. The summed E-state index contributed by atoms with van der Waals surface area (Å²) in [4.78, 5) is 24.2. The molecule has 2 atom stereocenters. The fourth-order valence-electron chi connectivity index (χ4n) is 2.88. The number of hydrogen-bond acceptors (Lipinski definition) is 3. The number of rotatable bonds is 10. The molecule has 2 N–H and O–H groups in total. The number of carbonyl (C=O) groups excluding carboxylic acids is 2. The zero-order valence-corrected chi connectivity index (χ0v) is 15.5. The molecule has 0 aromatic heterocycles. The van der Waals surface area contributed by atoms with E-state index >= 15 is 0 Å². The number of carbonyl (C=O) groups is 2. The second kappa shape index (κ2) is 10.5. The summed E-state index contributed by atoms with van der Waals surface area (Å²) < 4.78 is 0. The fourth-order valence-corrected chi connectivity index (χ4v) is 2.88. The normalized spacial score (nSPS) is 13.2. The maximum absolute atomic E-state index is 12.7. The number of amides is 1. The van der Waals surface area contributed by atoms with Crippen LogP contribution >= 0.6 is 0 Å². The molecule has 138 valence electrons. The lowest BCUT2D eigenvalue weighted by atomic mass is 10.0. The molecule has 0 aliphatic heterocycles. The van der Waals surface area contributed by atoms with Gasteiger partial charge in [0.2, 0.25) is 5.91 Å². The van der Waals surface area contributed by atoms with Gasteiger partial charge in [-0.1, -0.05) is 74.5 Å². The lowest BCUT2D eigenvalue weighted by Crippen LogP contribution is -2.49. The monoisotopic (exact) mass is 352 g/mol. The molecule has 0 aliphatic carbocycles. The van der Waals surface area contributed by atoms with Gasteiger partial charge in [0, 0.05) is 6.54 Å². The average molecular weight is 352 g/mol. The van der Waals surface area contributed by atoms with Crippen LogP contribution in [0.3, 0.4) is 0 Å². The van der Waals surface area contributed by atoms with E-state index in [1.807, 2.05) is 60.7 Å². The third-order valence-corrected chi connectivity index (χ3v) is 4.21. The Kier molecular flexibility index (Phi) is 8.03. The minimum Gasteiger partial charge on any atom is -0.345 e. The van der Waals surface area contributed by atoms with Crippen molar-refractivity contribution < 1.29 is 9.59 Å². The number of nitrogens with one attached hydrogen (secondary N) is 2. The molecule has 4 heteroatoms. The highest BCUT2D eigenvalue weighted by molar-refractivity contribution is 5.84. The van der Waals surface area contributed by atoms with Crippen LogP contribution in [0.1, 0.15) is 31.4 Å². The van der Waals surface area contributed by atoms with E-state index in [2.05, 4.69) is 24.5 Å². The van der Waals surface area contributed by atoms with Gasteiger partial charge in [-0.05, 0) is 29.9 Å². The molecule has 0 spiro atoms. The zero-order chi connectivity index (χ0) is 18.8. The first-order valence-electron chi connectivity index (χ1n) is 9.15. The Hall–Kier alpha value is -2.46. The maximum Gasteiger partial charge on any atom is 0.237 e. The third-order valence-electron chi connectivity index (χ3n) is 4.21. The van der Waals surface area contributed by atoms with E-state index in [-0.39, 0.29) is 11.9 Å². The molecule has 0 bridgehead atoms. The Balaban J connectivity index is 1.96. The summed E-state index contributed by atoms with van der Waals surface area (Å²) in [5, 5.41) is 6.22. The van der Waals surface area contributed by atoms with Crippen LogP contribution in [-0.2, 0) is 22.6 Å². The SMILES string of the molecule is CC(C)C[C@H](NCc1ccccc1)C(=O)N[C@@H](C=O)Cc1ccccc1. The van der Waals surface area contributed by atoms with Gasteiger partial charge < -0.3 is 15.4 Å². The highest BCUT2D eigenvalue weighted by Gasteiger charge is 2.22. The van der Waals surface area contributed by atoms with Crippen molar-refractivity contribution in [3.8, 4) is 0 Å². The van der Waals surface area contributed by atoms with E-state index in [1.165, 1.54) is 0 Å². The maximum atomic E-state index is 12.7. The van der Waals surface area contributed by atoms with Gasteiger partial charge in [0.15, 0.2) is 0 Å². The highest BCUT2D eigenvalue weighted by Crippen LogP contribution is 2.08. The van der Waals surface area contributed by atoms with Crippen molar-refractivity contribution in [1.29, 1.82) is 0 Å². The first kappa shape index (κ1) is 19.9. The molecular weight excluding hydrogens is 324 g/mol. The topological polar surface area (TPSA) is 58.2 Å². The third kappa shape index (κ3) is 6.81. The first-order chi connectivity index (χ1) is 12.6. The molecule has 0 fully saturated rings. The van der Waals surface area contributed by atoms with Gasteiger partial charge in [-0.3, -0.25) is 4.79 Å². The van der Waals surface area contributed by atoms with Gasteiger partial charge in [-0.15, -0.1) is 0 Å². The summed E-state index contributed by atoms with van der Waals surface area (Å²) >= 11 is 0. The van der Waals surface area contributed by atoms with Crippen LogP contribution in [0.5, 0.6) is 0 Å². The van der Waals surface area contributed by atoms with Gasteiger partial charge in [-0.25, -0.2) is 0 Å². The quantitative estimate of drug-likeness (QED) is 0.646. The molecule has 0 radical (unpaired) electrons. The van der Waals surface area contributed by atoms with Gasteiger partial charge in [0.05, 0.1) is 12.1 Å². The summed E-state index contributed by atoms with van der Waals surface area (Å²) in [5.41, 5.74) is 2.16. The van der Waals surface area contributed by atoms with E-state index in [4.69, 9.17) is 0 Å². The fraction of sp³-hybridized carbons (Fsp3) is 0.364. The van der Waals surface area contributed by atoms with Crippen molar-refractivity contribution in [1.82, 2.24) is 10.6 Å². The minimum atomic E-state index is -0.516. The molecule has 4 nitrogen and oxygen atoms in total. The summed E-state index contributed by atoms with van der Waals surface area (Å²) in [6.45, 7) is 4.80. The van der Waals surface area contributed by atoms with Crippen molar-refractivity contribution in [3.63, 3.8) is 0 Å². The van der Waals surface area contributed by atoms with Crippen molar-refractivity contribution >= 4 is 12.2 Å². The van der Waals surface area contributed by atoms with Crippen LogP contribution in [-0.4, -0.2) is 24.3 Å². The number of hydrogen-bond donors (Lipinski definition) is 2. The lowest BCUT2D eigenvalue weighted by Gasteiger charge is -2.22. The van der Waals surface area contributed by atoms with E-state index in [9.17, 15) is 9.59 Å². The second-order valence-electron chi connectivity index (χ2n) is 6.99. The summed E-state index contributed by atoms with van der Waals surface area (Å²) in [7, 11) is 0. The Morgan fingerprint density at radius 2 is 1.54 bits per heavy atom. The van der Waals surface area contributed by atoms with Crippen molar-refractivity contribution in [2.75, 3.05) is 0 Å². The van der Waals surface area contributed by atoms with Crippen LogP contribution in [0.25, 0.3) is 0 Å². The van der Waals surface area contributed by atoms with E-state index in [0.717, 1.165) is 23.8 Å². The van der Waals surface area contributed by atoms with Gasteiger partial charge in [0.25, 0.3) is 0 Å². The molecular formula is C22H28N2O2. The summed E-state index contributed by atoms with van der Waals surface area (Å²) in [6.07, 6.45) is 2.03. The molecule has 2 rings (SSSR count). The largest absolute Gasteiger partial charge is 0.345 e. The predicted molar refractivity (Wildman–Crippen MR) is 105 cm³/mol. The first-order valence-corrected chi connectivity index (χ1v) is 9.15. The van der Waals surface area contributed by atoms with E-state index in [1.54, 1.807) is 0 Å². The summed E-state index contributed by atoms with van der Waals surface area (Å²) in [5.74, 6) is 0.250. The van der Waals surface area contributed by atoms with Crippen LogP contribution < -0.4 is 10.6 Å². The predicted octanol–water partition coefficient (Wildman–Crippen LogP) is 3.12. The van der Waals surface area contributed by atoms with Crippen molar-refractivity contribution in [2.45, 2.75) is 45.3 Å². The molecule has 2 aromatic carbocycles. The molecule has 1 amide bonds.